The van der Waals surface area contributed by atoms with Crippen LogP contribution in [0.25, 0.3) is 5.57 Å². The Balaban J connectivity index is 1.58. The predicted molar refractivity (Wildman–Crippen MR) is 104 cm³/mol. The minimum Gasteiger partial charge on any atom is -0.497 e. The standard InChI is InChI=1S/C21H25N3O/c1-22-21(23-16-17-8-10-20(25-2)11-9-17)24-14-12-19(13-15-24)18-6-4-3-5-7-18/h3-12H,13-16H2,1-2H3,(H,22,23). The first-order valence-electron chi connectivity index (χ1n) is 8.63. The third kappa shape index (κ3) is 4.41. The quantitative estimate of drug-likeness (QED) is 0.686. The molecule has 130 valence electrons. The van der Waals surface area contributed by atoms with Crippen molar-refractivity contribution in [2.75, 3.05) is 27.2 Å². The molecule has 2 aromatic rings. The van der Waals surface area contributed by atoms with Crippen LogP contribution in [0.1, 0.15) is 17.5 Å². The molecule has 1 heterocycles. The number of aliphatic imine (C=N–C) groups is 1. The first-order valence-corrected chi connectivity index (χ1v) is 8.63. The van der Waals surface area contributed by atoms with E-state index in [2.05, 4.69) is 63.7 Å². The molecule has 0 saturated heterocycles. The lowest BCUT2D eigenvalue weighted by atomic mass is 10.00. The van der Waals surface area contributed by atoms with E-state index in [1.165, 1.54) is 16.7 Å². The van der Waals surface area contributed by atoms with Crippen molar-refractivity contribution in [1.82, 2.24) is 10.2 Å². The van der Waals surface area contributed by atoms with Crippen LogP contribution in [-0.4, -0.2) is 38.1 Å². The molecule has 1 aliphatic rings. The van der Waals surface area contributed by atoms with Crippen LogP contribution in [0.15, 0.2) is 65.7 Å². The van der Waals surface area contributed by atoms with Gasteiger partial charge in [-0.25, -0.2) is 0 Å². The van der Waals surface area contributed by atoms with Crippen molar-refractivity contribution in [3.8, 4) is 5.75 Å². The van der Waals surface area contributed by atoms with Gasteiger partial charge in [-0.05, 0) is 35.3 Å². The third-order valence-corrected chi connectivity index (χ3v) is 4.47. The summed E-state index contributed by atoms with van der Waals surface area (Å²) in [7, 11) is 3.52. The zero-order chi connectivity index (χ0) is 17.5. The van der Waals surface area contributed by atoms with E-state index in [4.69, 9.17) is 4.74 Å². The van der Waals surface area contributed by atoms with Crippen molar-refractivity contribution in [2.45, 2.75) is 13.0 Å². The highest BCUT2D eigenvalue weighted by molar-refractivity contribution is 5.81. The summed E-state index contributed by atoms with van der Waals surface area (Å²) in [6.45, 7) is 2.61. The van der Waals surface area contributed by atoms with E-state index < -0.39 is 0 Å². The van der Waals surface area contributed by atoms with Crippen molar-refractivity contribution in [3.05, 3.63) is 71.8 Å². The van der Waals surface area contributed by atoms with Gasteiger partial charge in [0.25, 0.3) is 0 Å². The molecule has 0 spiro atoms. The van der Waals surface area contributed by atoms with E-state index in [9.17, 15) is 0 Å². The van der Waals surface area contributed by atoms with E-state index in [0.29, 0.717) is 0 Å². The molecular weight excluding hydrogens is 310 g/mol. The molecule has 0 radical (unpaired) electrons. The van der Waals surface area contributed by atoms with E-state index in [1.807, 2.05) is 19.2 Å². The smallest absolute Gasteiger partial charge is 0.194 e. The van der Waals surface area contributed by atoms with Crippen LogP contribution in [0.4, 0.5) is 0 Å². The van der Waals surface area contributed by atoms with Crippen molar-refractivity contribution >= 4 is 11.5 Å². The molecule has 4 nitrogen and oxygen atoms in total. The van der Waals surface area contributed by atoms with Crippen LogP contribution in [0, 0.1) is 0 Å². The fourth-order valence-corrected chi connectivity index (χ4v) is 3.03. The Morgan fingerprint density at radius 2 is 1.88 bits per heavy atom. The Morgan fingerprint density at radius 1 is 1.12 bits per heavy atom. The van der Waals surface area contributed by atoms with Crippen molar-refractivity contribution in [1.29, 1.82) is 0 Å². The summed E-state index contributed by atoms with van der Waals surface area (Å²) in [5.74, 6) is 1.82. The molecule has 4 heteroatoms. The monoisotopic (exact) mass is 335 g/mol. The van der Waals surface area contributed by atoms with Gasteiger partial charge in [0.1, 0.15) is 5.75 Å². The zero-order valence-corrected chi connectivity index (χ0v) is 14.9. The Hall–Kier alpha value is -2.75. The number of hydrogen-bond donors (Lipinski definition) is 1. The largest absolute Gasteiger partial charge is 0.497 e. The van der Waals surface area contributed by atoms with Gasteiger partial charge in [0.05, 0.1) is 7.11 Å². The van der Waals surface area contributed by atoms with Gasteiger partial charge < -0.3 is 15.0 Å². The number of nitrogens with zero attached hydrogens (tertiary/aromatic N) is 2. The molecule has 1 aliphatic heterocycles. The molecule has 0 unspecified atom stereocenters. The summed E-state index contributed by atoms with van der Waals surface area (Å²) in [5, 5.41) is 3.45. The molecule has 0 saturated carbocycles. The Morgan fingerprint density at radius 3 is 2.48 bits per heavy atom. The topological polar surface area (TPSA) is 36.9 Å². The fraction of sp³-hybridized carbons (Fsp3) is 0.286. The first-order chi connectivity index (χ1) is 12.3. The Labute approximate surface area is 149 Å². The summed E-state index contributed by atoms with van der Waals surface area (Å²) in [5.41, 5.74) is 3.95. The summed E-state index contributed by atoms with van der Waals surface area (Å²) in [6.07, 6.45) is 3.34. The normalized spacial score (nSPS) is 14.9. The maximum atomic E-state index is 5.20. The lowest BCUT2D eigenvalue weighted by molar-refractivity contribution is 0.414. The Bertz CT molecular complexity index is 735. The van der Waals surface area contributed by atoms with Gasteiger partial charge in [-0.2, -0.15) is 0 Å². The molecule has 3 rings (SSSR count). The minimum atomic E-state index is 0.752. The van der Waals surface area contributed by atoms with Gasteiger partial charge >= 0.3 is 0 Å². The van der Waals surface area contributed by atoms with Crippen LogP contribution >= 0.6 is 0 Å². The highest BCUT2D eigenvalue weighted by atomic mass is 16.5. The number of ether oxygens (including phenoxy) is 1. The average Bonchev–Trinajstić information content (AvgIpc) is 2.70. The van der Waals surface area contributed by atoms with Gasteiger partial charge in [-0.3, -0.25) is 4.99 Å². The van der Waals surface area contributed by atoms with Gasteiger partial charge in [0, 0.05) is 26.7 Å². The maximum Gasteiger partial charge on any atom is 0.194 e. The molecule has 1 N–H and O–H groups in total. The van der Waals surface area contributed by atoms with E-state index in [-0.39, 0.29) is 0 Å². The maximum absolute atomic E-state index is 5.20. The van der Waals surface area contributed by atoms with Gasteiger partial charge in [-0.15, -0.1) is 0 Å². The van der Waals surface area contributed by atoms with Gasteiger partial charge in [0.2, 0.25) is 0 Å². The van der Waals surface area contributed by atoms with Crippen molar-refractivity contribution in [2.24, 2.45) is 4.99 Å². The third-order valence-electron chi connectivity index (χ3n) is 4.47. The fourth-order valence-electron chi connectivity index (χ4n) is 3.03. The SMILES string of the molecule is CN=C(NCc1ccc(OC)cc1)N1CC=C(c2ccccc2)CC1. The Kier molecular flexibility index (Phi) is 5.73. The summed E-state index contributed by atoms with van der Waals surface area (Å²) >= 11 is 0. The number of guanidine groups is 1. The second-order valence-electron chi connectivity index (χ2n) is 6.04. The van der Waals surface area contributed by atoms with Crippen LogP contribution in [0.2, 0.25) is 0 Å². The predicted octanol–water partition coefficient (Wildman–Crippen LogP) is 3.56. The van der Waals surface area contributed by atoms with Gasteiger partial charge in [0.15, 0.2) is 5.96 Å². The first kappa shape index (κ1) is 17.1. The highest BCUT2D eigenvalue weighted by Gasteiger charge is 2.15. The van der Waals surface area contributed by atoms with E-state index >= 15 is 0 Å². The zero-order valence-electron chi connectivity index (χ0n) is 14.9. The molecule has 0 bridgehead atoms. The average molecular weight is 335 g/mol. The van der Waals surface area contributed by atoms with E-state index in [0.717, 1.165) is 37.8 Å². The van der Waals surface area contributed by atoms with Crippen LogP contribution in [0.3, 0.4) is 0 Å². The van der Waals surface area contributed by atoms with Crippen LogP contribution < -0.4 is 10.1 Å². The van der Waals surface area contributed by atoms with Crippen molar-refractivity contribution in [3.63, 3.8) is 0 Å². The lowest BCUT2D eigenvalue weighted by Crippen LogP contribution is -2.43. The van der Waals surface area contributed by atoms with Crippen LogP contribution in [-0.2, 0) is 6.54 Å². The molecule has 0 aromatic heterocycles. The highest BCUT2D eigenvalue weighted by Crippen LogP contribution is 2.22. The molecule has 2 aromatic carbocycles. The summed E-state index contributed by atoms with van der Waals surface area (Å²) in [4.78, 5) is 6.72. The second-order valence-corrected chi connectivity index (χ2v) is 6.04. The summed E-state index contributed by atoms with van der Waals surface area (Å²) in [6, 6.07) is 18.7. The minimum absolute atomic E-state index is 0.752. The number of nitrogens with one attached hydrogen (secondary N) is 1. The molecule has 0 atom stereocenters. The molecule has 0 amide bonds. The number of rotatable bonds is 4. The second kappa shape index (κ2) is 8.38. The van der Waals surface area contributed by atoms with Crippen LogP contribution in [0.5, 0.6) is 5.75 Å². The van der Waals surface area contributed by atoms with Gasteiger partial charge in [-0.1, -0.05) is 48.5 Å². The summed E-state index contributed by atoms with van der Waals surface area (Å²) < 4.78 is 5.20. The van der Waals surface area contributed by atoms with E-state index in [1.54, 1.807) is 7.11 Å². The molecule has 0 fully saturated rings. The number of hydrogen-bond acceptors (Lipinski definition) is 2. The number of benzene rings is 2. The van der Waals surface area contributed by atoms with Crippen molar-refractivity contribution < 1.29 is 4.74 Å². The molecule has 0 aliphatic carbocycles. The molecular formula is C21H25N3O. The number of methoxy groups -OCH3 is 1. The molecule has 25 heavy (non-hydrogen) atoms. The lowest BCUT2D eigenvalue weighted by Gasteiger charge is -2.29.